The van der Waals surface area contributed by atoms with Crippen LogP contribution < -0.4 is 5.32 Å². The highest BCUT2D eigenvalue weighted by atomic mass is 16.5. The Morgan fingerprint density at radius 1 is 1.29 bits per heavy atom. The van der Waals surface area contributed by atoms with Crippen molar-refractivity contribution in [3.8, 4) is 0 Å². The fourth-order valence-corrected chi connectivity index (χ4v) is 3.57. The van der Waals surface area contributed by atoms with Crippen molar-refractivity contribution >= 4 is 0 Å². The number of hydrogen-bond acceptors (Lipinski definition) is 3. The molecule has 0 aromatic heterocycles. The monoisotopic (exact) mass is 290 g/mol. The van der Waals surface area contributed by atoms with Gasteiger partial charge < -0.3 is 10.1 Å². The van der Waals surface area contributed by atoms with Crippen molar-refractivity contribution in [2.45, 2.75) is 45.2 Å². The Bertz CT molecular complexity index is 421. The Morgan fingerprint density at radius 3 is 2.81 bits per heavy atom. The van der Waals surface area contributed by atoms with Crippen molar-refractivity contribution in [3.05, 3.63) is 35.4 Å². The van der Waals surface area contributed by atoms with Crippen molar-refractivity contribution in [2.24, 2.45) is 0 Å². The van der Waals surface area contributed by atoms with Crippen molar-refractivity contribution in [1.29, 1.82) is 0 Å². The molecule has 0 radical (unpaired) electrons. The summed E-state index contributed by atoms with van der Waals surface area (Å²) in [5.41, 5.74) is 3.02. The largest absolute Gasteiger partial charge is 0.383 e. The zero-order chi connectivity index (χ0) is 15.1. The first-order chi connectivity index (χ1) is 10.3. The summed E-state index contributed by atoms with van der Waals surface area (Å²) in [5, 5.41) is 3.74. The highest BCUT2D eigenvalue weighted by molar-refractivity contribution is 5.32. The quantitative estimate of drug-likeness (QED) is 0.781. The first-order valence-electron chi connectivity index (χ1n) is 8.36. The standard InChI is InChI=1S/C18H30N2O/c1-4-19-18-16-11-7-6-9-15(16)10-8-12-17(18)20(5-2)13-14-21-3/h6-7,9,11,17-19H,4-5,8,10,12-14H2,1-3H3. The molecule has 2 atom stereocenters. The van der Waals surface area contributed by atoms with Crippen molar-refractivity contribution < 1.29 is 4.74 Å². The molecule has 0 heterocycles. The van der Waals surface area contributed by atoms with Gasteiger partial charge in [-0.15, -0.1) is 0 Å². The van der Waals surface area contributed by atoms with E-state index in [1.807, 2.05) is 0 Å². The molecule has 0 spiro atoms. The summed E-state index contributed by atoms with van der Waals surface area (Å²) < 4.78 is 5.30. The summed E-state index contributed by atoms with van der Waals surface area (Å²) in [7, 11) is 1.79. The first kappa shape index (κ1) is 16.5. The first-order valence-corrected chi connectivity index (χ1v) is 8.36. The van der Waals surface area contributed by atoms with E-state index in [1.54, 1.807) is 7.11 Å². The zero-order valence-electron chi connectivity index (χ0n) is 13.8. The molecule has 1 N–H and O–H groups in total. The molecule has 21 heavy (non-hydrogen) atoms. The molecule has 0 saturated carbocycles. The van der Waals surface area contributed by atoms with Gasteiger partial charge in [0.2, 0.25) is 0 Å². The Labute approximate surface area is 129 Å². The zero-order valence-corrected chi connectivity index (χ0v) is 13.8. The van der Waals surface area contributed by atoms with Crippen LogP contribution >= 0.6 is 0 Å². The number of nitrogens with zero attached hydrogens (tertiary/aromatic N) is 1. The Morgan fingerprint density at radius 2 is 2.10 bits per heavy atom. The molecule has 1 aromatic carbocycles. The van der Waals surface area contributed by atoms with Gasteiger partial charge in [-0.1, -0.05) is 38.1 Å². The number of aryl methyl sites for hydroxylation is 1. The molecule has 3 nitrogen and oxygen atoms in total. The smallest absolute Gasteiger partial charge is 0.0589 e. The average molecular weight is 290 g/mol. The molecule has 0 fully saturated rings. The summed E-state index contributed by atoms with van der Waals surface area (Å²) in [4.78, 5) is 2.58. The molecule has 0 aliphatic heterocycles. The minimum Gasteiger partial charge on any atom is -0.383 e. The van der Waals surface area contributed by atoms with Gasteiger partial charge in [-0.25, -0.2) is 0 Å². The van der Waals surface area contributed by atoms with Gasteiger partial charge in [0, 0.05) is 25.7 Å². The third kappa shape index (κ3) is 4.06. The predicted molar refractivity (Wildman–Crippen MR) is 88.7 cm³/mol. The molecule has 3 heteroatoms. The number of nitrogens with one attached hydrogen (secondary N) is 1. The maximum Gasteiger partial charge on any atom is 0.0589 e. The fourth-order valence-electron chi connectivity index (χ4n) is 3.57. The Balaban J connectivity index is 2.26. The molecule has 1 aromatic rings. The molecule has 118 valence electrons. The number of ether oxygens (including phenoxy) is 1. The van der Waals surface area contributed by atoms with Gasteiger partial charge in [0.15, 0.2) is 0 Å². The molecule has 0 saturated heterocycles. The van der Waals surface area contributed by atoms with E-state index in [2.05, 4.69) is 48.3 Å². The number of likely N-dealkylation sites (N-methyl/N-ethyl adjacent to an activating group) is 2. The lowest BCUT2D eigenvalue weighted by Gasteiger charge is -2.36. The molecule has 0 amide bonds. The summed E-state index contributed by atoms with van der Waals surface area (Å²) in [6, 6.07) is 9.96. The SMILES string of the molecule is CCNC1c2ccccc2CCCC1N(CC)CCOC. The van der Waals surface area contributed by atoms with Crippen LogP contribution in [0.5, 0.6) is 0 Å². The van der Waals surface area contributed by atoms with E-state index in [9.17, 15) is 0 Å². The van der Waals surface area contributed by atoms with Gasteiger partial charge in [-0.2, -0.15) is 0 Å². The Kier molecular flexibility index (Phi) is 6.68. The highest BCUT2D eigenvalue weighted by Crippen LogP contribution is 2.31. The minimum absolute atomic E-state index is 0.436. The van der Waals surface area contributed by atoms with E-state index >= 15 is 0 Å². The lowest BCUT2D eigenvalue weighted by atomic mass is 9.95. The van der Waals surface area contributed by atoms with Gasteiger partial charge in [0.25, 0.3) is 0 Å². The topological polar surface area (TPSA) is 24.5 Å². The molecular formula is C18H30N2O. The van der Waals surface area contributed by atoms with Crippen LogP contribution in [0.1, 0.15) is 43.9 Å². The van der Waals surface area contributed by atoms with Crippen LogP contribution in [0.25, 0.3) is 0 Å². The highest BCUT2D eigenvalue weighted by Gasteiger charge is 2.30. The second kappa shape index (κ2) is 8.52. The second-order valence-corrected chi connectivity index (χ2v) is 5.82. The summed E-state index contributed by atoms with van der Waals surface area (Å²) >= 11 is 0. The van der Waals surface area contributed by atoms with Crippen LogP contribution in [-0.2, 0) is 11.2 Å². The van der Waals surface area contributed by atoms with Gasteiger partial charge in [0.05, 0.1) is 6.61 Å². The van der Waals surface area contributed by atoms with Gasteiger partial charge >= 0.3 is 0 Å². The fraction of sp³-hybridized carbons (Fsp3) is 0.667. The van der Waals surface area contributed by atoms with E-state index < -0.39 is 0 Å². The lowest BCUT2D eigenvalue weighted by molar-refractivity contribution is 0.102. The summed E-state index contributed by atoms with van der Waals surface area (Å²) in [6.07, 6.45) is 3.73. The van der Waals surface area contributed by atoms with Gasteiger partial charge in [-0.3, -0.25) is 4.90 Å². The van der Waals surface area contributed by atoms with E-state index in [1.165, 1.54) is 30.4 Å². The lowest BCUT2D eigenvalue weighted by Crippen LogP contribution is -2.45. The number of methoxy groups -OCH3 is 1. The maximum atomic E-state index is 5.30. The molecule has 2 rings (SSSR count). The minimum atomic E-state index is 0.436. The number of rotatable bonds is 7. The van der Waals surface area contributed by atoms with Gasteiger partial charge in [0.1, 0.15) is 0 Å². The van der Waals surface area contributed by atoms with E-state index in [0.717, 1.165) is 26.2 Å². The summed E-state index contributed by atoms with van der Waals surface area (Å²) in [5.74, 6) is 0. The van der Waals surface area contributed by atoms with Crippen LogP contribution in [0, 0.1) is 0 Å². The summed E-state index contributed by atoms with van der Waals surface area (Å²) in [6.45, 7) is 8.38. The predicted octanol–water partition coefficient (Wildman–Crippen LogP) is 3.01. The average Bonchev–Trinajstić information content (AvgIpc) is 2.69. The van der Waals surface area contributed by atoms with Crippen molar-refractivity contribution in [1.82, 2.24) is 10.2 Å². The van der Waals surface area contributed by atoms with Crippen molar-refractivity contribution in [3.63, 3.8) is 0 Å². The van der Waals surface area contributed by atoms with Crippen LogP contribution in [0.2, 0.25) is 0 Å². The normalized spacial score (nSPS) is 22.1. The molecular weight excluding hydrogens is 260 g/mol. The van der Waals surface area contributed by atoms with E-state index in [0.29, 0.717) is 12.1 Å². The van der Waals surface area contributed by atoms with Crippen molar-refractivity contribution in [2.75, 3.05) is 33.4 Å². The third-order valence-corrected chi connectivity index (χ3v) is 4.60. The van der Waals surface area contributed by atoms with Crippen LogP contribution in [-0.4, -0.2) is 44.3 Å². The molecule has 0 bridgehead atoms. The number of benzene rings is 1. The van der Waals surface area contributed by atoms with E-state index in [4.69, 9.17) is 4.74 Å². The maximum absolute atomic E-state index is 5.30. The van der Waals surface area contributed by atoms with Crippen LogP contribution in [0.4, 0.5) is 0 Å². The number of fused-ring (bicyclic) bond motifs is 1. The second-order valence-electron chi connectivity index (χ2n) is 5.82. The van der Waals surface area contributed by atoms with Crippen LogP contribution in [0.3, 0.4) is 0 Å². The third-order valence-electron chi connectivity index (χ3n) is 4.60. The van der Waals surface area contributed by atoms with Gasteiger partial charge in [-0.05, 0) is 43.5 Å². The van der Waals surface area contributed by atoms with Crippen LogP contribution in [0.15, 0.2) is 24.3 Å². The number of hydrogen-bond donors (Lipinski definition) is 1. The molecule has 1 aliphatic carbocycles. The Hall–Kier alpha value is -0.900. The van der Waals surface area contributed by atoms with E-state index in [-0.39, 0.29) is 0 Å². The molecule has 2 unspecified atom stereocenters. The molecule has 1 aliphatic rings.